The monoisotopic (exact) mass is 320 g/mol. The lowest BCUT2D eigenvalue weighted by atomic mass is 10.3. The third-order valence-electron chi connectivity index (χ3n) is 2.69. The maximum absolute atomic E-state index is 12.7. The summed E-state index contributed by atoms with van der Waals surface area (Å²) in [6.45, 7) is 8.29. The Labute approximate surface area is 134 Å². The van der Waals surface area contributed by atoms with Crippen LogP contribution in [0, 0.1) is 6.92 Å². The number of thiazole rings is 1. The number of aromatic nitrogens is 1. The van der Waals surface area contributed by atoms with E-state index in [4.69, 9.17) is 0 Å². The fraction of sp³-hybridized carbons (Fsp3) is 0.375. The second-order valence-corrected chi connectivity index (χ2v) is 8.38. The van der Waals surface area contributed by atoms with Gasteiger partial charge < -0.3 is 0 Å². The first-order chi connectivity index (χ1) is 9.87. The van der Waals surface area contributed by atoms with Crippen molar-refractivity contribution < 1.29 is 4.79 Å². The standard InChI is InChI=1S/C16H20N2OS2/c1-12-10-20-15(17-12)18(13-8-6-5-7-9-13)14(19)11-21-16(2,3)4/h5-10H,11H2,1-4H3. The number of anilines is 2. The minimum absolute atomic E-state index is 0.0653. The molecule has 21 heavy (non-hydrogen) atoms. The number of benzene rings is 1. The summed E-state index contributed by atoms with van der Waals surface area (Å²) in [5.74, 6) is 0.507. The molecule has 0 saturated heterocycles. The molecule has 112 valence electrons. The summed E-state index contributed by atoms with van der Waals surface area (Å²) < 4.78 is 0.0663. The van der Waals surface area contributed by atoms with Crippen LogP contribution in [0.3, 0.4) is 0 Å². The van der Waals surface area contributed by atoms with Crippen LogP contribution >= 0.6 is 23.1 Å². The van der Waals surface area contributed by atoms with E-state index in [1.807, 2.05) is 42.6 Å². The molecule has 0 aliphatic heterocycles. The number of amides is 1. The first kappa shape index (κ1) is 16.0. The topological polar surface area (TPSA) is 33.2 Å². The lowest BCUT2D eigenvalue weighted by molar-refractivity contribution is -0.115. The number of carbonyl (C=O) groups is 1. The quantitative estimate of drug-likeness (QED) is 0.822. The average Bonchev–Trinajstić information content (AvgIpc) is 2.83. The maximum atomic E-state index is 12.7. The number of thioether (sulfide) groups is 1. The number of aryl methyl sites for hydroxylation is 1. The lowest BCUT2D eigenvalue weighted by Crippen LogP contribution is -2.29. The van der Waals surface area contributed by atoms with Gasteiger partial charge in [0, 0.05) is 10.1 Å². The van der Waals surface area contributed by atoms with Gasteiger partial charge in [-0.15, -0.1) is 23.1 Å². The van der Waals surface area contributed by atoms with E-state index in [2.05, 4.69) is 25.8 Å². The molecule has 0 atom stereocenters. The molecule has 2 rings (SSSR count). The summed E-state index contributed by atoms with van der Waals surface area (Å²) >= 11 is 3.15. The zero-order valence-corrected chi connectivity index (χ0v) is 14.4. The van der Waals surface area contributed by atoms with E-state index in [0.29, 0.717) is 5.75 Å². The Morgan fingerprint density at radius 1 is 1.29 bits per heavy atom. The molecule has 0 radical (unpaired) electrons. The zero-order chi connectivity index (χ0) is 15.5. The Hall–Kier alpha value is -1.33. The molecule has 0 spiro atoms. The van der Waals surface area contributed by atoms with Crippen LogP contribution in [0.15, 0.2) is 35.7 Å². The minimum atomic E-state index is 0.0653. The number of para-hydroxylation sites is 1. The highest BCUT2D eigenvalue weighted by Crippen LogP contribution is 2.31. The third-order valence-corrected chi connectivity index (χ3v) is 4.89. The summed E-state index contributed by atoms with van der Waals surface area (Å²) in [7, 11) is 0. The van der Waals surface area contributed by atoms with Crippen LogP contribution in [0.1, 0.15) is 26.5 Å². The second kappa shape index (κ2) is 6.62. The van der Waals surface area contributed by atoms with Gasteiger partial charge in [0.15, 0.2) is 5.13 Å². The highest BCUT2D eigenvalue weighted by Gasteiger charge is 2.23. The summed E-state index contributed by atoms with van der Waals surface area (Å²) in [6.07, 6.45) is 0. The molecule has 2 aromatic rings. The van der Waals surface area contributed by atoms with Crippen molar-refractivity contribution in [1.82, 2.24) is 4.98 Å². The van der Waals surface area contributed by atoms with E-state index in [9.17, 15) is 4.79 Å². The van der Waals surface area contributed by atoms with Gasteiger partial charge in [-0.25, -0.2) is 4.98 Å². The van der Waals surface area contributed by atoms with Gasteiger partial charge in [0.2, 0.25) is 5.91 Å². The van der Waals surface area contributed by atoms with Gasteiger partial charge in [0.25, 0.3) is 0 Å². The second-order valence-electron chi connectivity index (χ2n) is 5.74. The lowest BCUT2D eigenvalue weighted by Gasteiger charge is -2.23. The number of hydrogen-bond donors (Lipinski definition) is 0. The Morgan fingerprint density at radius 2 is 1.95 bits per heavy atom. The van der Waals surface area contributed by atoms with Gasteiger partial charge in [0.1, 0.15) is 0 Å². The molecular formula is C16H20N2OS2. The van der Waals surface area contributed by atoms with Crippen LogP contribution in [0.5, 0.6) is 0 Å². The van der Waals surface area contributed by atoms with Gasteiger partial charge in [-0.3, -0.25) is 9.69 Å². The van der Waals surface area contributed by atoms with Crippen molar-refractivity contribution in [2.75, 3.05) is 10.7 Å². The van der Waals surface area contributed by atoms with Crippen LogP contribution in [-0.2, 0) is 4.79 Å². The van der Waals surface area contributed by atoms with Gasteiger partial charge in [-0.2, -0.15) is 0 Å². The largest absolute Gasteiger partial charge is 0.273 e. The van der Waals surface area contributed by atoms with Crippen LogP contribution < -0.4 is 4.90 Å². The van der Waals surface area contributed by atoms with Crippen molar-refractivity contribution in [1.29, 1.82) is 0 Å². The van der Waals surface area contributed by atoms with E-state index < -0.39 is 0 Å². The van der Waals surface area contributed by atoms with Crippen molar-refractivity contribution >= 4 is 39.8 Å². The van der Waals surface area contributed by atoms with Gasteiger partial charge in [0.05, 0.1) is 17.1 Å². The Kier molecular flexibility index (Phi) is 5.06. The molecule has 0 aliphatic rings. The fourth-order valence-electron chi connectivity index (χ4n) is 1.73. The Bertz CT molecular complexity index is 602. The predicted octanol–water partition coefficient (Wildman–Crippen LogP) is 4.65. The molecule has 1 amide bonds. The molecule has 1 aromatic carbocycles. The molecule has 0 aliphatic carbocycles. The fourth-order valence-corrected chi connectivity index (χ4v) is 3.25. The van der Waals surface area contributed by atoms with Crippen molar-refractivity contribution in [2.24, 2.45) is 0 Å². The maximum Gasteiger partial charge on any atom is 0.243 e. The van der Waals surface area contributed by atoms with Crippen molar-refractivity contribution in [2.45, 2.75) is 32.4 Å². The summed E-state index contributed by atoms with van der Waals surface area (Å²) in [5, 5.41) is 2.70. The van der Waals surface area contributed by atoms with Gasteiger partial charge in [-0.05, 0) is 19.1 Å². The molecule has 0 saturated carbocycles. The first-order valence-electron chi connectivity index (χ1n) is 6.81. The molecule has 3 nitrogen and oxygen atoms in total. The molecule has 0 N–H and O–H groups in total. The number of hydrogen-bond acceptors (Lipinski definition) is 4. The Balaban J connectivity index is 2.26. The van der Waals surface area contributed by atoms with Crippen LogP contribution in [-0.4, -0.2) is 21.4 Å². The van der Waals surface area contributed by atoms with E-state index >= 15 is 0 Å². The molecule has 5 heteroatoms. The SMILES string of the molecule is Cc1csc(N(C(=O)CSC(C)(C)C)c2ccccc2)n1. The zero-order valence-electron chi connectivity index (χ0n) is 12.8. The first-order valence-corrected chi connectivity index (χ1v) is 8.67. The Morgan fingerprint density at radius 3 is 2.48 bits per heavy atom. The van der Waals surface area contributed by atoms with Crippen molar-refractivity contribution in [3.05, 3.63) is 41.4 Å². The molecule has 0 bridgehead atoms. The molecule has 1 aromatic heterocycles. The highest BCUT2D eigenvalue weighted by atomic mass is 32.2. The van der Waals surface area contributed by atoms with Gasteiger partial charge >= 0.3 is 0 Å². The predicted molar refractivity (Wildman–Crippen MR) is 92.7 cm³/mol. The van der Waals surface area contributed by atoms with Crippen LogP contribution in [0.4, 0.5) is 10.8 Å². The van der Waals surface area contributed by atoms with E-state index in [0.717, 1.165) is 16.5 Å². The van der Waals surface area contributed by atoms with Gasteiger partial charge in [-0.1, -0.05) is 39.0 Å². The molecule has 0 fully saturated rings. The minimum Gasteiger partial charge on any atom is -0.273 e. The number of rotatable bonds is 4. The van der Waals surface area contributed by atoms with Crippen LogP contribution in [0.2, 0.25) is 0 Å². The molecular weight excluding hydrogens is 300 g/mol. The third kappa shape index (κ3) is 4.58. The van der Waals surface area contributed by atoms with Crippen molar-refractivity contribution in [3.8, 4) is 0 Å². The smallest absolute Gasteiger partial charge is 0.243 e. The van der Waals surface area contributed by atoms with E-state index in [1.54, 1.807) is 16.7 Å². The van der Waals surface area contributed by atoms with E-state index in [1.165, 1.54) is 11.3 Å². The summed E-state index contributed by atoms with van der Waals surface area (Å²) in [6, 6.07) is 9.70. The van der Waals surface area contributed by atoms with Crippen molar-refractivity contribution in [3.63, 3.8) is 0 Å². The summed E-state index contributed by atoms with van der Waals surface area (Å²) in [4.78, 5) is 18.9. The van der Waals surface area contributed by atoms with E-state index in [-0.39, 0.29) is 10.7 Å². The summed E-state index contributed by atoms with van der Waals surface area (Å²) in [5.41, 5.74) is 1.80. The highest BCUT2D eigenvalue weighted by molar-refractivity contribution is 8.01. The molecule has 1 heterocycles. The number of carbonyl (C=O) groups excluding carboxylic acids is 1. The average molecular weight is 320 g/mol. The molecule has 0 unspecified atom stereocenters. The van der Waals surface area contributed by atoms with Crippen LogP contribution in [0.25, 0.3) is 0 Å². The normalized spacial score (nSPS) is 11.4. The number of nitrogens with zero attached hydrogens (tertiary/aromatic N) is 2.